The first kappa shape index (κ1) is 17.7. The zero-order valence-corrected chi connectivity index (χ0v) is 13.7. The lowest BCUT2D eigenvalue weighted by Gasteiger charge is -2.24. The Morgan fingerprint density at radius 3 is 2.43 bits per heavy atom. The van der Waals surface area contributed by atoms with Gasteiger partial charge >= 0.3 is 0 Å². The van der Waals surface area contributed by atoms with Gasteiger partial charge in [0.2, 0.25) is 5.91 Å². The van der Waals surface area contributed by atoms with Crippen molar-refractivity contribution in [2.24, 2.45) is 17.6 Å². The molecule has 0 saturated heterocycles. The second-order valence-electron chi connectivity index (χ2n) is 6.14. The van der Waals surface area contributed by atoms with Crippen LogP contribution in [0.4, 0.5) is 0 Å². The Bertz CT molecular complexity index is 403. The smallest absolute Gasteiger partial charge is 0.222 e. The zero-order chi connectivity index (χ0) is 15.7. The molecule has 0 saturated carbocycles. The van der Waals surface area contributed by atoms with E-state index >= 15 is 0 Å². The van der Waals surface area contributed by atoms with Crippen molar-refractivity contribution in [1.29, 1.82) is 0 Å². The summed E-state index contributed by atoms with van der Waals surface area (Å²) in [6.45, 7) is 8.56. The van der Waals surface area contributed by atoms with E-state index in [9.17, 15) is 4.79 Å². The minimum Gasteiger partial charge on any atom is -0.343 e. The SMILES string of the molecule is CCN(CCc1ccccc1)C(=O)C[C@@H](CN)CC(C)C. The van der Waals surface area contributed by atoms with Crippen LogP contribution in [0.25, 0.3) is 0 Å². The van der Waals surface area contributed by atoms with Gasteiger partial charge in [-0.05, 0) is 43.7 Å². The number of nitrogens with two attached hydrogens (primary N) is 1. The second kappa shape index (κ2) is 9.56. The fourth-order valence-electron chi connectivity index (χ4n) is 2.67. The predicted molar refractivity (Wildman–Crippen MR) is 89.0 cm³/mol. The first-order chi connectivity index (χ1) is 10.1. The van der Waals surface area contributed by atoms with Crippen LogP contribution in [-0.2, 0) is 11.2 Å². The van der Waals surface area contributed by atoms with Crippen molar-refractivity contribution in [1.82, 2.24) is 4.90 Å². The molecule has 1 aromatic rings. The molecule has 1 rings (SSSR count). The van der Waals surface area contributed by atoms with E-state index < -0.39 is 0 Å². The van der Waals surface area contributed by atoms with E-state index in [-0.39, 0.29) is 5.91 Å². The van der Waals surface area contributed by atoms with Crippen molar-refractivity contribution < 1.29 is 4.79 Å². The lowest BCUT2D eigenvalue weighted by atomic mass is 9.93. The average Bonchev–Trinajstić information content (AvgIpc) is 2.47. The molecule has 2 N–H and O–H groups in total. The van der Waals surface area contributed by atoms with Gasteiger partial charge in [0.05, 0.1) is 0 Å². The molecular weight excluding hydrogens is 260 g/mol. The number of nitrogens with zero attached hydrogens (tertiary/aromatic N) is 1. The molecule has 0 unspecified atom stereocenters. The van der Waals surface area contributed by atoms with Crippen LogP contribution in [0.1, 0.15) is 39.2 Å². The van der Waals surface area contributed by atoms with Gasteiger partial charge in [-0.15, -0.1) is 0 Å². The van der Waals surface area contributed by atoms with Crippen LogP contribution in [0.5, 0.6) is 0 Å². The lowest BCUT2D eigenvalue weighted by Crippen LogP contribution is -2.35. The summed E-state index contributed by atoms with van der Waals surface area (Å²) in [6.07, 6.45) is 2.52. The van der Waals surface area contributed by atoms with Gasteiger partial charge in [-0.3, -0.25) is 4.79 Å². The van der Waals surface area contributed by atoms with Crippen LogP contribution in [0.15, 0.2) is 30.3 Å². The monoisotopic (exact) mass is 290 g/mol. The number of rotatable bonds is 9. The standard InChI is InChI=1S/C18H30N2O/c1-4-20(11-10-16-8-6-5-7-9-16)18(21)13-17(14-19)12-15(2)3/h5-9,15,17H,4,10-14,19H2,1-3H3/t17-/m0/s1. The third-order valence-corrected chi connectivity index (χ3v) is 3.85. The first-order valence-corrected chi connectivity index (χ1v) is 8.08. The molecule has 0 heterocycles. The summed E-state index contributed by atoms with van der Waals surface area (Å²) >= 11 is 0. The largest absolute Gasteiger partial charge is 0.343 e. The van der Waals surface area contributed by atoms with Gasteiger partial charge in [-0.2, -0.15) is 0 Å². The van der Waals surface area contributed by atoms with Gasteiger partial charge < -0.3 is 10.6 Å². The molecule has 0 radical (unpaired) electrons. The summed E-state index contributed by atoms with van der Waals surface area (Å²) in [4.78, 5) is 14.4. The number of hydrogen-bond donors (Lipinski definition) is 1. The molecule has 1 aromatic carbocycles. The molecule has 0 aliphatic rings. The van der Waals surface area contributed by atoms with Crippen LogP contribution < -0.4 is 5.73 Å². The number of benzene rings is 1. The van der Waals surface area contributed by atoms with Crippen LogP contribution in [-0.4, -0.2) is 30.4 Å². The molecule has 0 spiro atoms. The minimum atomic E-state index is 0.240. The Labute approximate surface area is 129 Å². The molecular formula is C18H30N2O. The average molecular weight is 290 g/mol. The number of hydrogen-bond acceptors (Lipinski definition) is 2. The molecule has 1 atom stereocenters. The van der Waals surface area contributed by atoms with E-state index in [1.165, 1.54) is 5.56 Å². The summed E-state index contributed by atoms with van der Waals surface area (Å²) < 4.78 is 0. The summed E-state index contributed by atoms with van der Waals surface area (Å²) in [6, 6.07) is 10.3. The molecule has 0 aliphatic carbocycles. The Morgan fingerprint density at radius 2 is 1.90 bits per heavy atom. The summed E-state index contributed by atoms with van der Waals surface area (Å²) in [5.41, 5.74) is 7.08. The third-order valence-electron chi connectivity index (χ3n) is 3.85. The second-order valence-corrected chi connectivity index (χ2v) is 6.14. The normalized spacial score (nSPS) is 12.4. The highest BCUT2D eigenvalue weighted by molar-refractivity contribution is 5.76. The lowest BCUT2D eigenvalue weighted by molar-refractivity contribution is -0.132. The van der Waals surface area contributed by atoms with Gasteiger partial charge in [0.1, 0.15) is 0 Å². The van der Waals surface area contributed by atoms with E-state index in [1.54, 1.807) is 0 Å². The minimum absolute atomic E-state index is 0.240. The summed E-state index contributed by atoms with van der Waals surface area (Å²) in [7, 11) is 0. The maximum absolute atomic E-state index is 12.4. The number of amides is 1. The molecule has 0 aliphatic heterocycles. The maximum Gasteiger partial charge on any atom is 0.222 e. The Morgan fingerprint density at radius 1 is 1.24 bits per heavy atom. The van der Waals surface area contributed by atoms with Crippen molar-refractivity contribution in [2.75, 3.05) is 19.6 Å². The highest BCUT2D eigenvalue weighted by Crippen LogP contribution is 2.16. The fourth-order valence-corrected chi connectivity index (χ4v) is 2.67. The van der Waals surface area contributed by atoms with Crippen LogP contribution in [0.3, 0.4) is 0 Å². The van der Waals surface area contributed by atoms with Crippen molar-refractivity contribution in [3.63, 3.8) is 0 Å². The maximum atomic E-state index is 12.4. The number of likely N-dealkylation sites (N-methyl/N-ethyl adjacent to an activating group) is 1. The Kier molecular flexibility index (Phi) is 8.06. The third kappa shape index (κ3) is 6.76. The molecule has 3 heteroatoms. The van der Waals surface area contributed by atoms with Gasteiger partial charge in [-0.25, -0.2) is 0 Å². The van der Waals surface area contributed by atoms with E-state index in [2.05, 4.69) is 26.0 Å². The van der Waals surface area contributed by atoms with Crippen molar-refractivity contribution >= 4 is 5.91 Å². The summed E-state index contributed by atoms with van der Waals surface area (Å²) in [5, 5.41) is 0. The molecule has 0 bridgehead atoms. The summed E-state index contributed by atoms with van der Waals surface area (Å²) in [5.74, 6) is 1.14. The van der Waals surface area contributed by atoms with E-state index in [4.69, 9.17) is 5.73 Å². The van der Waals surface area contributed by atoms with Gasteiger partial charge in [0.15, 0.2) is 0 Å². The molecule has 118 valence electrons. The van der Waals surface area contributed by atoms with Crippen molar-refractivity contribution in [2.45, 2.75) is 40.0 Å². The van der Waals surface area contributed by atoms with E-state index in [0.717, 1.165) is 25.9 Å². The van der Waals surface area contributed by atoms with Crippen LogP contribution >= 0.6 is 0 Å². The van der Waals surface area contributed by atoms with Crippen molar-refractivity contribution in [3.05, 3.63) is 35.9 Å². The predicted octanol–water partition coefficient (Wildman–Crippen LogP) is 3.09. The van der Waals surface area contributed by atoms with Gasteiger partial charge in [0, 0.05) is 19.5 Å². The highest BCUT2D eigenvalue weighted by atomic mass is 16.2. The van der Waals surface area contributed by atoms with Crippen molar-refractivity contribution in [3.8, 4) is 0 Å². The number of carbonyl (C=O) groups excluding carboxylic acids is 1. The van der Waals surface area contributed by atoms with Crippen LogP contribution in [0.2, 0.25) is 0 Å². The molecule has 1 amide bonds. The highest BCUT2D eigenvalue weighted by Gasteiger charge is 2.18. The quantitative estimate of drug-likeness (QED) is 0.759. The molecule has 0 fully saturated rings. The van der Waals surface area contributed by atoms with Crippen LogP contribution in [0, 0.1) is 11.8 Å². The van der Waals surface area contributed by atoms with Gasteiger partial charge in [0.25, 0.3) is 0 Å². The van der Waals surface area contributed by atoms with Gasteiger partial charge in [-0.1, -0.05) is 44.2 Å². The first-order valence-electron chi connectivity index (χ1n) is 8.08. The van der Waals surface area contributed by atoms with E-state index in [0.29, 0.717) is 24.8 Å². The molecule has 0 aromatic heterocycles. The Hall–Kier alpha value is -1.35. The fraction of sp³-hybridized carbons (Fsp3) is 0.611. The molecule has 3 nitrogen and oxygen atoms in total. The van der Waals surface area contributed by atoms with E-state index in [1.807, 2.05) is 30.0 Å². The zero-order valence-electron chi connectivity index (χ0n) is 13.7. The number of carbonyl (C=O) groups is 1. The molecule has 21 heavy (non-hydrogen) atoms. The topological polar surface area (TPSA) is 46.3 Å². The Balaban J connectivity index is 2.48.